The summed E-state index contributed by atoms with van der Waals surface area (Å²) < 4.78 is 11.1. The number of nitrogens with zero attached hydrogens (tertiary/aromatic N) is 2. The number of benzene rings is 3. The number of hydrogen-bond acceptors (Lipinski definition) is 6. The number of nitrogens with one attached hydrogen (secondary N) is 1. The molecule has 5 aromatic rings. The van der Waals surface area contributed by atoms with Gasteiger partial charge in [-0.2, -0.15) is 0 Å². The standard InChI is InChI=1S/C30H23N3O4/c1-36-22-13-9-12-21(18-22)32-29(34)28(20-10-3-2-4-11-20)37-30(35)24-19-27(26-16-7-8-17-31-26)33-25-15-6-5-14-23(24)25/h2-19,28H,1H3,(H,32,34). The van der Waals surface area contributed by atoms with Gasteiger partial charge in [0.1, 0.15) is 5.75 Å². The molecular formula is C30H23N3O4. The third-order valence-corrected chi connectivity index (χ3v) is 5.77. The van der Waals surface area contributed by atoms with Crippen LogP contribution in [0.2, 0.25) is 0 Å². The SMILES string of the molecule is COc1cccc(NC(=O)C(OC(=O)c2cc(-c3ccccn3)nc3ccccc23)c2ccccc2)c1. The van der Waals surface area contributed by atoms with Crippen molar-refractivity contribution in [1.82, 2.24) is 9.97 Å². The zero-order chi connectivity index (χ0) is 25.6. The second-order valence-electron chi connectivity index (χ2n) is 8.20. The maximum atomic E-state index is 13.6. The highest BCUT2D eigenvalue weighted by molar-refractivity contribution is 6.06. The minimum absolute atomic E-state index is 0.293. The Labute approximate surface area is 213 Å². The van der Waals surface area contributed by atoms with Gasteiger partial charge in [0.2, 0.25) is 6.10 Å². The summed E-state index contributed by atoms with van der Waals surface area (Å²) in [5.41, 5.74) is 3.13. The number of rotatable bonds is 7. The fraction of sp³-hybridized carbons (Fsp3) is 0.0667. The first-order valence-corrected chi connectivity index (χ1v) is 11.6. The molecule has 37 heavy (non-hydrogen) atoms. The Hall–Kier alpha value is -5.04. The zero-order valence-corrected chi connectivity index (χ0v) is 20.0. The molecule has 5 rings (SSSR count). The van der Waals surface area contributed by atoms with Gasteiger partial charge in [-0.1, -0.05) is 60.7 Å². The zero-order valence-electron chi connectivity index (χ0n) is 20.0. The van der Waals surface area contributed by atoms with Crippen molar-refractivity contribution in [3.8, 4) is 17.1 Å². The van der Waals surface area contributed by atoms with Crippen LogP contribution in [0.3, 0.4) is 0 Å². The smallest absolute Gasteiger partial charge is 0.340 e. The highest BCUT2D eigenvalue weighted by atomic mass is 16.5. The van der Waals surface area contributed by atoms with Crippen molar-refractivity contribution in [3.63, 3.8) is 0 Å². The molecule has 0 saturated carbocycles. The van der Waals surface area contributed by atoms with Gasteiger partial charge >= 0.3 is 5.97 Å². The maximum absolute atomic E-state index is 13.6. The van der Waals surface area contributed by atoms with Crippen LogP contribution >= 0.6 is 0 Å². The highest BCUT2D eigenvalue weighted by Crippen LogP contribution is 2.28. The Morgan fingerprint density at radius 2 is 1.59 bits per heavy atom. The predicted octanol–water partition coefficient (Wildman–Crippen LogP) is 5.84. The van der Waals surface area contributed by atoms with E-state index in [0.717, 1.165) is 0 Å². The second kappa shape index (κ2) is 10.7. The van der Waals surface area contributed by atoms with Gasteiger partial charge in [0.05, 0.1) is 29.6 Å². The number of hydrogen-bond donors (Lipinski definition) is 1. The van der Waals surface area contributed by atoms with Crippen LogP contribution in [0, 0.1) is 0 Å². The number of carbonyl (C=O) groups is 2. The normalized spacial score (nSPS) is 11.5. The van der Waals surface area contributed by atoms with E-state index in [0.29, 0.717) is 44.9 Å². The number of amides is 1. The van der Waals surface area contributed by atoms with E-state index in [4.69, 9.17) is 9.47 Å². The van der Waals surface area contributed by atoms with Crippen molar-refractivity contribution in [2.45, 2.75) is 6.10 Å². The van der Waals surface area contributed by atoms with E-state index >= 15 is 0 Å². The van der Waals surface area contributed by atoms with Gasteiger partial charge in [-0.15, -0.1) is 0 Å². The fourth-order valence-electron chi connectivity index (χ4n) is 3.97. The third kappa shape index (κ3) is 5.31. The summed E-state index contributed by atoms with van der Waals surface area (Å²) in [5.74, 6) is -0.544. The summed E-state index contributed by atoms with van der Waals surface area (Å²) in [4.78, 5) is 36.0. The Balaban J connectivity index is 1.51. The van der Waals surface area contributed by atoms with Crippen LogP contribution in [0.1, 0.15) is 22.0 Å². The number of anilines is 1. The first-order valence-electron chi connectivity index (χ1n) is 11.6. The van der Waals surface area contributed by atoms with Gasteiger partial charge in [0.15, 0.2) is 0 Å². The molecule has 1 amide bonds. The number of pyridine rings is 2. The summed E-state index contributed by atoms with van der Waals surface area (Å²) in [6, 6.07) is 30.3. The van der Waals surface area contributed by atoms with Crippen molar-refractivity contribution in [1.29, 1.82) is 0 Å². The first-order chi connectivity index (χ1) is 18.1. The molecule has 0 aliphatic carbocycles. The lowest BCUT2D eigenvalue weighted by Gasteiger charge is -2.19. The van der Waals surface area contributed by atoms with Crippen molar-refractivity contribution in [3.05, 3.63) is 120 Å². The number of para-hydroxylation sites is 1. The van der Waals surface area contributed by atoms with E-state index in [-0.39, 0.29) is 0 Å². The van der Waals surface area contributed by atoms with E-state index in [1.807, 2.05) is 42.5 Å². The fourth-order valence-corrected chi connectivity index (χ4v) is 3.97. The van der Waals surface area contributed by atoms with Crippen molar-refractivity contribution >= 4 is 28.5 Å². The number of esters is 1. The molecule has 0 aliphatic heterocycles. The molecule has 0 spiro atoms. The number of methoxy groups -OCH3 is 1. The van der Waals surface area contributed by atoms with Gasteiger partial charge in [0, 0.05) is 28.9 Å². The number of aromatic nitrogens is 2. The number of fused-ring (bicyclic) bond motifs is 1. The Kier molecular flexibility index (Phi) is 6.85. The van der Waals surface area contributed by atoms with E-state index in [2.05, 4.69) is 15.3 Å². The first kappa shape index (κ1) is 23.7. The molecule has 7 nitrogen and oxygen atoms in total. The van der Waals surface area contributed by atoms with E-state index in [1.165, 1.54) is 0 Å². The van der Waals surface area contributed by atoms with Crippen molar-refractivity contribution < 1.29 is 19.1 Å². The number of ether oxygens (including phenoxy) is 2. The lowest BCUT2D eigenvalue weighted by atomic mass is 10.1. The van der Waals surface area contributed by atoms with Crippen LogP contribution in [-0.2, 0) is 9.53 Å². The molecule has 1 unspecified atom stereocenters. The highest BCUT2D eigenvalue weighted by Gasteiger charge is 2.27. The molecule has 3 aromatic carbocycles. The van der Waals surface area contributed by atoms with Gasteiger partial charge in [-0.25, -0.2) is 9.78 Å². The van der Waals surface area contributed by atoms with E-state index < -0.39 is 18.0 Å². The van der Waals surface area contributed by atoms with Crippen molar-refractivity contribution in [2.24, 2.45) is 0 Å². The Bertz CT molecular complexity index is 1560. The molecule has 1 N–H and O–H groups in total. The number of carbonyl (C=O) groups excluding carboxylic acids is 2. The molecule has 0 radical (unpaired) electrons. The second-order valence-corrected chi connectivity index (χ2v) is 8.20. The summed E-state index contributed by atoms with van der Waals surface area (Å²) in [6.07, 6.45) is 0.476. The van der Waals surface area contributed by atoms with Gasteiger partial charge in [0.25, 0.3) is 5.91 Å². The van der Waals surface area contributed by atoms with Gasteiger partial charge < -0.3 is 14.8 Å². The molecule has 2 heterocycles. The minimum atomic E-state index is -1.19. The third-order valence-electron chi connectivity index (χ3n) is 5.77. The van der Waals surface area contributed by atoms with Crippen molar-refractivity contribution in [2.75, 3.05) is 12.4 Å². The predicted molar refractivity (Wildman–Crippen MR) is 141 cm³/mol. The van der Waals surface area contributed by atoms with Gasteiger partial charge in [-0.05, 0) is 36.4 Å². The van der Waals surface area contributed by atoms with Gasteiger partial charge in [-0.3, -0.25) is 9.78 Å². The summed E-state index contributed by atoms with van der Waals surface area (Å²) in [6.45, 7) is 0. The van der Waals surface area contributed by atoms with Crippen LogP contribution in [0.4, 0.5) is 5.69 Å². The molecule has 0 fully saturated rings. The molecular weight excluding hydrogens is 466 g/mol. The van der Waals surface area contributed by atoms with Crippen LogP contribution in [0.25, 0.3) is 22.3 Å². The lowest BCUT2D eigenvalue weighted by Crippen LogP contribution is -2.26. The van der Waals surface area contributed by atoms with Crippen LogP contribution in [0.5, 0.6) is 5.75 Å². The summed E-state index contributed by atoms with van der Waals surface area (Å²) in [7, 11) is 1.55. The lowest BCUT2D eigenvalue weighted by molar-refractivity contribution is -0.125. The largest absolute Gasteiger partial charge is 0.497 e. The molecule has 182 valence electrons. The van der Waals surface area contributed by atoms with Crippen LogP contribution < -0.4 is 10.1 Å². The Morgan fingerprint density at radius 1 is 0.811 bits per heavy atom. The molecule has 7 heteroatoms. The molecule has 1 atom stereocenters. The topological polar surface area (TPSA) is 90.4 Å². The average Bonchev–Trinajstić information content (AvgIpc) is 2.96. The molecule has 0 saturated heterocycles. The molecule has 0 aliphatic rings. The van der Waals surface area contributed by atoms with E-state index in [1.54, 1.807) is 74.0 Å². The summed E-state index contributed by atoms with van der Waals surface area (Å²) >= 11 is 0. The van der Waals surface area contributed by atoms with Crippen LogP contribution in [-0.4, -0.2) is 29.0 Å². The molecule has 0 bridgehead atoms. The molecule has 2 aromatic heterocycles. The maximum Gasteiger partial charge on any atom is 0.340 e. The van der Waals surface area contributed by atoms with Crippen LogP contribution in [0.15, 0.2) is 109 Å². The summed E-state index contributed by atoms with van der Waals surface area (Å²) in [5, 5.41) is 3.45. The minimum Gasteiger partial charge on any atom is -0.497 e. The average molecular weight is 490 g/mol. The monoisotopic (exact) mass is 489 g/mol. The van der Waals surface area contributed by atoms with E-state index in [9.17, 15) is 9.59 Å². The quantitative estimate of drug-likeness (QED) is 0.289. The Morgan fingerprint density at radius 3 is 2.38 bits per heavy atom.